The minimum atomic E-state index is -0.788. The highest BCUT2D eigenvalue weighted by atomic mass is 16.6. The van der Waals surface area contributed by atoms with Crippen LogP contribution in [0.1, 0.15) is 18.9 Å². The van der Waals surface area contributed by atoms with Gasteiger partial charge in [-0.25, -0.2) is 10.2 Å². The van der Waals surface area contributed by atoms with Crippen LogP contribution in [0.15, 0.2) is 46.1 Å². The molecule has 2 amide bonds. The Morgan fingerprint density at radius 3 is 2.96 bits per heavy atom. The van der Waals surface area contributed by atoms with Gasteiger partial charge in [0, 0.05) is 24.0 Å². The summed E-state index contributed by atoms with van der Waals surface area (Å²) in [6.45, 7) is 1.88. The van der Waals surface area contributed by atoms with E-state index in [4.69, 9.17) is 9.15 Å². The lowest BCUT2D eigenvalue weighted by Crippen LogP contribution is -2.31. The van der Waals surface area contributed by atoms with Crippen LogP contribution in [-0.4, -0.2) is 22.8 Å². The van der Waals surface area contributed by atoms with Crippen LogP contribution in [0.25, 0.3) is 0 Å². The number of amides is 2. The summed E-state index contributed by atoms with van der Waals surface area (Å²) in [4.78, 5) is 23.0. The van der Waals surface area contributed by atoms with Crippen LogP contribution in [-0.2, 0) is 4.79 Å². The van der Waals surface area contributed by atoms with E-state index in [1.165, 1.54) is 24.5 Å². The summed E-state index contributed by atoms with van der Waals surface area (Å²) in [6.07, 6.45) is 0.915. The number of hydrogen-bond donors (Lipinski definition) is 3. The number of hydrazone groups is 1. The van der Waals surface area contributed by atoms with Crippen molar-refractivity contribution in [3.63, 3.8) is 0 Å². The second-order valence-electron chi connectivity index (χ2n) is 5.32. The van der Waals surface area contributed by atoms with Crippen molar-refractivity contribution >= 4 is 23.4 Å². The lowest BCUT2D eigenvalue weighted by Gasteiger charge is -2.19. The Balaban J connectivity index is 1.73. The van der Waals surface area contributed by atoms with Crippen LogP contribution in [0.5, 0.6) is 11.7 Å². The molecule has 0 fully saturated rings. The molecule has 0 radical (unpaired) electrons. The average molecular weight is 329 g/mol. The summed E-state index contributed by atoms with van der Waals surface area (Å²) in [7, 11) is 0. The number of phenolic OH excluding ortho intramolecular Hbond substituents is 1. The van der Waals surface area contributed by atoms with Gasteiger partial charge in [-0.2, -0.15) is 5.10 Å². The lowest BCUT2D eigenvalue weighted by atomic mass is 9.94. The van der Waals surface area contributed by atoms with Crippen molar-refractivity contribution in [1.82, 2.24) is 5.43 Å². The number of nitrogens with one attached hydrogen (secondary N) is 2. The normalized spacial score (nSPS) is 17.0. The van der Waals surface area contributed by atoms with E-state index >= 15 is 0 Å². The van der Waals surface area contributed by atoms with E-state index in [1.54, 1.807) is 12.1 Å². The first-order valence-electron chi connectivity index (χ1n) is 7.25. The van der Waals surface area contributed by atoms with E-state index < -0.39 is 6.09 Å². The van der Waals surface area contributed by atoms with Gasteiger partial charge in [0.1, 0.15) is 5.75 Å². The number of anilines is 1. The third-order valence-electron chi connectivity index (χ3n) is 3.48. The highest BCUT2D eigenvalue weighted by molar-refractivity contribution is 6.06. The van der Waals surface area contributed by atoms with Crippen molar-refractivity contribution in [2.24, 2.45) is 11.0 Å². The molecule has 1 aliphatic heterocycles. The Morgan fingerprint density at radius 2 is 2.29 bits per heavy atom. The van der Waals surface area contributed by atoms with Crippen LogP contribution in [0.3, 0.4) is 0 Å². The highest BCUT2D eigenvalue weighted by Crippen LogP contribution is 2.27. The lowest BCUT2D eigenvalue weighted by molar-refractivity contribution is -0.121. The fourth-order valence-electron chi connectivity index (χ4n) is 2.35. The Labute approximate surface area is 137 Å². The number of ether oxygens (including phenoxy) is 1. The molecule has 3 rings (SSSR count). The van der Waals surface area contributed by atoms with Crippen molar-refractivity contribution in [1.29, 1.82) is 0 Å². The zero-order valence-corrected chi connectivity index (χ0v) is 12.8. The number of rotatable bonds is 3. The van der Waals surface area contributed by atoms with E-state index in [-0.39, 0.29) is 29.2 Å². The van der Waals surface area contributed by atoms with E-state index in [0.717, 1.165) is 0 Å². The van der Waals surface area contributed by atoms with Gasteiger partial charge in [-0.15, -0.1) is 0 Å². The van der Waals surface area contributed by atoms with Gasteiger partial charge in [0.25, 0.3) is 5.95 Å². The maximum Gasteiger partial charge on any atom is 0.419 e. The maximum absolute atomic E-state index is 11.7. The summed E-state index contributed by atoms with van der Waals surface area (Å²) in [6, 6.07) is 7.75. The zero-order valence-electron chi connectivity index (χ0n) is 12.8. The molecule has 2 heterocycles. The van der Waals surface area contributed by atoms with E-state index in [2.05, 4.69) is 15.8 Å². The molecule has 8 nitrogen and oxygen atoms in total. The van der Waals surface area contributed by atoms with Gasteiger partial charge < -0.3 is 14.3 Å². The molecule has 1 aromatic heterocycles. The largest absolute Gasteiger partial charge is 0.506 e. The summed E-state index contributed by atoms with van der Waals surface area (Å²) >= 11 is 0. The summed E-state index contributed by atoms with van der Waals surface area (Å²) in [5, 5.41) is 16.5. The molecule has 0 saturated heterocycles. The molecule has 1 unspecified atom stereocenters. The minimum absolute atomic E-state index is 0.0461. The van der Waals surface area contributed by atoms with E-state index in [9.17, 15) is 14.7 Å². The molecule has 8 heteroatoms. The number of furan rings is 1. The van der Waals surface area contributed by atoms with Gasteiger partial charge in [-0.1, -0.05) is 13.0 Å². The summed E-state index contributed by atoms with van der Waals surface area (Å²) < 4.78 is 9.78. The van der Waals surface area contributed by atoms with Crippen molar-refractivity contribution in [2.45, 2.75) is 13.3 Å². The predicted octanol–water partition coefficient (Wildman–Crippen LogP) is 2.46. The van der Waals surface area contributed by atoms with E-state index in [1.807, 2.05) is 6.92 Å². The number of carbonyl (C=O) groups is 2. The summed E-state index contributed by atoms with van der Waals surface area (Å²) in [5.41, 5.74) is 3.92. The third kappa shape index (κ3) is 3.37. The van der Waals surface area contributed by atoms with Gasteiger partial charge in [-0.05, 0) is 18.2 Å². The number of carbonyl (C=O) groups excluding carboxylic acids is 2. The second-order valence-corrected chi connectivity index (χ2v) is 5.32. The Hall–Kier alpha value is -3.29. The van der Waals surface area contributed by atoms with Crippen molar-refractivity contribution in [2.75, 3.05) is 5.32 Å². The van der Waals surface area contributed by atoms with Gasteiger partial charge in [0.15, 0.2) is 0 Å². The maximum atomic E-state index is 11.7. The average Bonchev–Trinajstić information content (AvgIpc) is 3.02. The van der Waals surface area contributed by atoms with Crippen LogP contribution < -0.4 is 15.5 Å². The van der Waals surface area contributed by atoms with Crippen molar-refractivity contribution in [3.05, 3.63) is 42.2 Å². The van der Waals surface area contributed by atoms with Crippen LogP contribution >= 0.6 is 0 Å². The zero-order chi connectivity index (χ0) is 17.1. The molecule has 0 aliphatic carbocycles. The Kier molecular flexibility index (Phi) is 4.19. The van der Waals surface area contributed by atoms with Crippen molar-refractivity contribution < 1.29 is 23.8 Å². The standard InChI is InChI=1S/C16H15N3O5/c1-9-7-13(21)18-19-15(9)10-4-5-11(12(20)8-10)17-16(22)24-14-3-2-6-23-14/h2-6,8-9,20H,7H2,1H3,(H,17,22)(H,18,21). The topological polar surface area (TPSA) is 113 Å². The smallest absolute Gasteiger partial charge is 0.419 e. The second kappa shape index (κ2) is 6.45. The molecule has 0 spiro atoms. The number of benzene rings is 1. The van der Waals surface area contributed by atoms with Gasteiger partial charge in [-0.3, -0.25) is 10.1 Å². The predicted molar refractivity (Wildman–Crippen MR) is 84.9 cm³/mol. The van der Waals surface area contributed by atoms with Crippen molar-refractivity contribution in [3.8, 4) is 11.7 Å². The van der Waals surface area contributed by atoms with Gasteiger partial charge in [0.2, 0.25) is 5.91 Å². The molecule has 0 saturated carbocycles. The molecular weight excluding hydrogens is 314 g/mol. The molecule has 24 heavy (non-hydrogen) atoms. The fraction of sp³-hybridized carbons (Fsp3) is 0.188. The monoisotopic (exact) mass is 329 g/mol. The van der Waals surface area contributed by atoms with Crippen LogP contribution in [0.4, 0.5) is 10.5 Å². The molecule has 0 bridgehead atoms. The molecular formula is C16H15N3O5. The molecule has 1 aliphatic rings. The number of hydrogen-bond acceptors (Lipinski definition) is 6. The SMILES string of the molecule is CC1CC(=O)NN=C1c1ccc(NC(=O)Oc2ccco2)c(O)c1. The first kappa shape index (κ1) is 15.6. The Bertz CT molecular complexity index is 798. The highest BCUT2D eigenvalue weighted by Gasteiger charge is 2.22. The molecule has 124 valence electrons. The first-order valence-corrected chi connectivity index (χ1v) is 7.25. The fourth-order valence-corrected chi connectivity index (χ4v) is 2.35. The first-order chi connectivity index (χ1) is 11.5. The Morgan fingerprint density at radius 1 is 1.46 bits per heavy atom. The van der Waals surface area contributed by atoms with Gasteiger partial charge in [0.05, 0.1) is 17.7 Å². The van der Waals surface area contributed by atoms with Gasteiger partial charge >= 0.3 is 6.09 Å². The van der Waals surface area contributed by atoms with Crippen LogP contribution in [0, 0.1) is 5.92 Å². The summed E-state index contributed by atoms with van der Waals surface area (Å²) in [5.74, 6) is -0.310. The molecule has 3 N–H and O–H groups in total. The molecule has 1 aromatic carbocycles. The van der Waals surface area contributed by atoms with E-state index in [0.29, 0.717) is 17.7 Å². The quantitative estimate of drug-likeness (QED) is 0.749. The number of aromatic hydroxyl groups is 1. The minimum Gasteiger partial charge on any atom is -0.506 e. The number of phenols is 1. The number of nitrogens with zero attached hydrogens (tertiary/aromatic N) is 1. The molecule has 1 atom stereocenters. The third-order valence-corrected chi connectivity index (χ3v) is 3.48. The van der Waals surface area contributed by atoms with Crippen LogP contribution in [0.2, 0.25) is 0 Å². The molecule has 2 aromatic rings.